The molecular weight excluding hydrogens is 396 g/mol. The average Bonchev–Trinajstić information content (AvgIpc) is 2.95. The van der Waals surface area contributed by atoms with E-state index in [1.54, 1.807) is 24.4 Å². The van der Waals surface area contributed by atoms with E-state index in [4.69, 9.17) is 0 Å². The van der Waals surface area contributed by atoms with Crippen molar-refractivity contribution in [3.63, 3.8) is 0 Å². The van der Waals surface area contributed by atoms with Crippen molar-refractivity contribution in [1.82, 2.24) is 15.7 Å². The van der Waals surface area contributed by atoms with Gasteiger partial charge in [0.2, 0.25) is 0 Å². The third-order valence-corrected chi connectivity index (χ3v) is 4.55. The number of nitrogens with zero attached hydrogens (tertiary/aromatic N) is 1. The number of amides is 2. The summed E-state index contributed by atoms with van der Waals surface area (Å²) < 4.78 is 0.672. The van der Waals surface area contributed by atoms with Gasteiger partial charge in [0.25, 0.3) is 11.8 Å². The Morgan fingerprint density at radius 1 is 1.15 bits per heavy atom. The van der Waals surface area contributed by atoms with Gasteiger partial charge in [-0.1, -0.05) is 30.3 Å². The molecule has 0 aliphatic carbocycles. The lowest BCUT2D eigenvalue weighted by Gasteiger charge is -2.05. The second kappa shape index (κ2) is 7.97. The van der Waals surface area contributed by atoms with Gasteiger partial charge in [0.1, 0.15) is 0 Å². The largest absolute Gasteiger partial charge is 0.358 e. The number of aryl methyl sites for hydroxylation is 1. The van der Waals surface area contributed by atoms with Crippen molar-refractivity contribution in [3.05, 3.63) is 69.8 Å². The SMILES string of the molecule is Cc1[nH]c2ccccc2c1/C=N/NC(=O)CNC(=O)c1ccccc1Br. The highest BCUT2D eigenvalue weighted by Crippen LogP contribution is 2.19. The number of nitrogens with one attached hydrogen (secondary N) is 3. The van der Waals surface area contributed by atoms with E-state index in [1.165, 1.54) is 0 Å². The first-order valence-corrected chi connectivity index (χ1v) is 8.77. The van der Waals surface area contributed by atoms with Gasteiger partial charge in [-0.25, -0.2) is 5.43 Å². The molecule has 1 heterocycles. The number of hydrazone groups is 1. The Bertz CT molecular complexity index is 994. The average molecular weight is 413 g/mol. The van der Waals surface area contributed by atoms with Crippen LogP contribution in [0.15, 0.2) is 58.1 Å². The summed E-state index contributed by atoms with van der Waals surface area (Å²) in [6.07, 6.45) is 1.60. The molecule has 6 nitrogen and oxygen atoms in total. The fraction of sp³-hybridized carbons (Fsp3) is 0.105. The van der Waals surface area contributed by atoms with Gasteiger partial charge in [-0.05, 0) is 41.1 Å². The van der Waals surface area contributed by atoms with Gasteiger partial charge >= 0.3 is 0 Å². The number of carbonyl (C=O) groups excluding carboxylic acids is 2. The maximum atomic E-state index is 12.1. The molecule has 2 amide bonds. The van der Waals surface area contributed by atoms with E-state index in [0.29, 0.717) is 10.0 Å². The molecule has 0 fully saturated rings. The molecule has 0 atom stereocenters. The topological polar surface area (TPSA) is 86.3 Å². The van der Waals surface area contributed by atoms with Crippen LogP contribution >= 0.6 is 15.9 Å². The Balaban J connectivity index is 1.57. The summed E-state index contributed by atoms with van der Waals surface area (Å²) in [4.78, 5) is 27.2. The molecule has 0 unspecified atom stereocenters. The monoisotopic (exact) mass is 412 g/mol. The van der Waals surface area contributed by atoms with Gasteiger partial charge in [0.15, 0.2) is 0 Å². The number of rotatable bonds is 5. The summed E-state index contributed by atoms with van der Waals surface area (Å²) in [5.41, 5.74) is 5.79. The van der Waals surface area contributed by atoms with Crippen LogP contribution in [-0.4, -0.2) is 29.6 Å². The first-order chi connectivity index (χ1) is 12.6. The fourth-order valence-electron chi connectivity index (χ4n) is 2.57. The number of hydrogen-bond acceptors (Lipinski definition) is 3. The lowest BCUT2D eigenvalue weighted by Crippen LogP contribution is -2.35. The van der Waals surface area contributed by atoms with Crippen molar-refractivity contribution in [1.29, 1.82) is 0 Å². The third-order valence-electron chi connectivity index (χ3n) is 3.85. The quantitative estimate of drug-likeness (QED) is 0.444. The van der Waals surface area contributed by atoms with Crippen LogP contribution in [0.2, 0.25) is 0 Å². The molecule has 3 rings (SSSR count). The van der Waals surface area contributed by atoms with Crippen molar-refractivity contribution in [2.75, 3.05) is 6.54 Å². The minimum atomic E-state index is -0.404. The van der Waals surface area contributed by atoms with Gasteiger partial charge in [-0.15, -0.1) is 0 Å². The number of fused-ring (bicyclic) bond motifs is 1. The van der Waals surface area contributed by atoms with Crippen molar-refractivity contribution in [2.24, 2.45) is 5.10 Å². The van der Waals surface area contributed by atoms with Crippen LogP contribution in [-0.2, 0) is 4.79 Å². The van der Waals surface area contributed by atoms with Gasteiger partial charge in [-0.2, -0.15) is 5.10 Å². The molecule has 3 aromatic rings. The molecule has 7 heteroatoms. The minimum Gasteiger partial charge on any atom is -0.358 e. The maximum absolute atomic E-state index is 12.1. The standard InChI is InChI=1S/C19H17BrN4O2/c1-12-15(13-6-3-5-9-17(13)23-12)10-22-24-18(25)11-21-19(26)14-7-2-4-8-16(14)20/h2-10,23H,11H2,1H3,(H,21,26)(H,24,25)/b22-10+. The van der Waals surface area contributed by atoms with E-state index in [1.807, 2.05) is 37.3 Å². The van der Waals surface area contributed by atoms with Crippen molar-refractivity contribution < 1.29 is 9.59 Å². The summed E-state index contributed by atoms with van der Waals surface area (Å²) in [5, 5.41) is 7.58. The smallest absolute Gasteiger partial charge is 0.259 e. The van der Waals surface area contributed by atoms with Crippen molar-refractivity contribution in [2.45, 2.75) is 6.92 Å². The van der Waals surface area contributed by atoms with Crippen molar-refractivity contribution in [3.8, 4) is 0 Å². The van der Waals surface area contributed by atoms with Gasteiger partial charge in [-0.3, -0.25) is 9.59 Å². The van der Waals surface area contributed by atoms with Gasteiger partial charge in [0.05, 0.1) is 18.3 Å². The Morgan fingerprint density at radius 2 is 1.88 bits per heavy atom. The Kier molecular flexibility index (Phi) is 5.48. The van der Waals surface area contributed by atoms with E-state index >= 15 is 0 Å². The summed E-state index contributed by atoms with van der Waals surface area (Å²) in [6.45, 7) is 1.78. The van der Waals surface area contributed by atoms with Crippen molar-refractivity contribution >= 4 is 44.9 Å². The number of halogens is 1. The van der Waals surface area contributed by atoms with E-state index in [-0.39, 0.29) is 12.5 Å². The number of para-hydroxylation sites is 1. The summed E-state index contributed by atoms with van der Waals surface area (Å²) >= 11 is 3.31. The highest BCUT2D eigenvalue weighted by atomic mass is 79.9. The molecule has 0 aliphatic heterocycles. The first-order valence-electron chi connectivity index (χ1n) is 7.98. The highest BCUT2D eigenvalue weighted by molar-refractivity contribution is 9.10. The second-order valence-electron chi connectivity index (χ2n) is 5.66. The maximum Gasteiger partial charge on any atom is 0.259 e. The molecule has 0 saturated carbocycles. The minimum absolute atomic E-state index is 0.162. The van der Waals surface area contributed by atoms with Crippen LogP contribution in [0.1, 0.15) is 21.6 Å². The van der Waals surface area contributed by atoms with Crippen LogP contribution < -0.4 is 10.7 Å². The molecule has 3 N–H and O–H groups in total. The van der Waals surface area contributed by atoms with Gasteiger partial charge in [0, 0.05) is 26.6 Å². The number of hydrogen-bond donors (Lipinski definition) is 3. The summed E-state index contributed by atoms with van der Waals surface area (Å²) in [6, 6.07) is 14.9. The van der Waals surface area contributed by atoms with E-state index in [9.17, 15) is 9.59 Å². The molecule has 26 heavy (non-hydrogen) atoms. The number of aromatic nitrogens is 1. The number of carbonyl (C=O) groups is 2. The Morgan fingerprint density at radius 3 is 2.69 bits per heavy atom. The third kappa shape index (κ3) is 4.00. The van der Waals surface area contributed by atoms with E-state index < -0.39 is 5.91 Å². The molecule has 0 spiro atoms. The van der Waals surface area contributed by atoms with Gasteiger partial charge < -0.3 is 10.3 Å². The molecule has 0 bridgehead atoms. The van der Waals surface area contributed by atoms with E-state index in [2.05, 4.69) is 36.8 Å². The predicted molar refractivity (Wildman–Crippen MR) is 105 cm³/mol. The summed E-state index contributed by atoms with van der Waals surface area (Å²) in [5.74, 6) is -0.733. The molecular formula is C19H17BrN4O2. The predicted octanol–water partition coefficient (Wildman–Crippen LogP) is 3.12. The molecule has 132 valence electrons. The summed E-state index contributed by atoms with van der Waals surface area (Å²) in [7, 11) is 0. The van der Waals surface area contributed by atoms with Crippen LogP contribution in [0, 0.1) is 6.92 Å². The molecule has 0 aliphatic rings. The zero-order valence-electron chi connectivity index (χ0n) is 14.0. The van der Waals surface area contributed by atoms with Crippen LogP contribution in [0.5, 0.6) is 0 Å². The zero-order valence-corrected chi connectivity index (χ0v) is 15.6. The molecule has 0 saturated heterocycles. The molecule has 0 radical (unpaired) electrons. The second-order valence-corrected chi connectivity index (χ2v) is 6.52. The molecule has 1 aromatic heterocycles. The molecule has 2 aromatic carbocycles. The lowest BCUT2D eigenvalue weighted by atomic mass is 10.1. The Labute approximate surface area is 158 Å². The first kappa shape index (κ1) is 17.9. The van der Waals surface area contributed by atoms with Crippen LogP contribution in [0.25, 0.3) is 10.9 Å². The van der Waals surface area contributed by atoms with Crippen LogP contribution in [0.4, 0.5) is 0 Å². The lowest BCUT2D eigenvalue weighted by molar-refractivity contribution is -0.120. The normalized spacial score (nSPS) is 11.0. The number of benzene rings is 2. The number of H-pyrrole nitrogens is 1. The number of aromatic amines is 1. The van der Waals surface area contributed by atoms with E-state index in [0.717, 1.165) is 22.2 Å². The fourth-order valence-corrected chi connectivity index (χ4v) is 3.04. The van der Waals surface area contributed by atoms with Crippen LogP contribution in [0.3, 0.4) is 0 Å². The highest BCUT2D eigenvalue weighted by Gasteiger charge is 2.10. The Hall–Kier alpha value is -2.93. The zero-order chi connectivity index (χ0) is 18.5.